The van der Waals surface area contributed by atoms with Crippen LogP contribution in [-0.4, -0.2) is 46.0 Å². The molecule has 1 aliphatic heterocycles. The number of carbonyl (C=O) groups is 1. The molecular formula is C22H24BrN5O. The van der Waals surface area contributed by atoms with Gasteiger partial charge in [0.1, 0.15) is 5.65 Å². The largest absolute Gasteiger partial charge is 0.388 e. The number of hydrogen-bond donors (Lipinski definition) is 2. The van der Waals surface area contributed by atoms with Crippen LogP contribution in [0.4, 0.5) is 5.69 Å². The molecule has 1 amide bonds. The predicted octanol–water partition coefficient (Wildman–Crippen LogP) is 4.57. The molecule has 0 aliphatic carbocycles. The van der Waals surface area contributed by atoms with Crippen molar-refractivity contribution in [3.05, 3.63) is 64.0 Å². The maximum absolute atomic E-state index is 13.0. The quantitative estimate of drug-likeness (QED) is 0.568. The van der Waals surface area contributed by atoms with Gasteiger partial charge in [0.05, 0.1) is 17.6 Å². The normalized spacial score (nSPS) is 14.6. The fourth-order valence-electron chi connectivity index (χ4n) is 3.84. The van der Waals surface area contributed by atoms with Gasteiger partial charge in [-0.1, -0.05) is 12.8 Å². The summed E-state index contributed by atoms with van der Waals surface area (Å²) in [4.78, 5) is 19.3. The van der Waals surface area contributed by atoms with Gasteiger partial charge < -0.3 is 10.2 Å². The summed E-state index contributed by atoms with van der Waals surface area (Å²) in [6, 6.07) is 9.38. The molecule has 1 saturated heterocycles. The second kappa shape index (κ2) is 8.37. The highest BCUT2D eigenvalue weighted by Gasteiger charge is 2.20. The summed E-state index contributed by atoms with van der Waals surface area (Å²) >= 11 is 3.48. The third-order valence-corrected chi connectivity index (χ3v) is 5.89. The Morgan fingerprint density at radius 3 is 2.62 bits per heavy atom. The van der Waals surface area contributed by atoms with E-state index in [4.69, 9.17) is 5.41 Å². The minimum Gasteiger partial charge on any atom is -0.388 e. The molecule has 29 heavy (non-hydrogen) atoms. The average molecular weight is 454 g/mol. The molecule has 0 bridgehead atoms. The van der Waals surface area contributed by atoms with E-state index in [-0.39, 0.29) is 5.91 Å². The summed E-state index contributed by atoms with van der Waals surface area (Å²) in [6.45, 7) is 1.64. The average Bonchev–Trinajstić information content (AvgIpc) is 2.96. The number of amides is 1. The highest BCUT2D eigenvalue weighted by atomic mass is 79.9. The first kappa shape index (κ1) is 19.6. The van der Waals surface area contributed by atoms with Crippen LogP contribution in [0.1, 0.15) is 47.3 Å². The van der Waals surface area contributed by atoms with Gasteiger partial charge >= 0.3 is 0 Å². The Morgan fingerprint density at radius 2 is 1.90 bits per heavy atom. The van der Waals surface area contributed by atoms with Gasteiger partial charge in [-0.05, 0) is 59.1 Å². The van der Waals surface area contributed by atoms with Gasteiger partial charge in [-0.2, -0.15) is 0 Å². The molecule has 1 fully saturated rings. The van der Waals surface area contributed by atoms with E-state index >= 15 is 0 Å². The first-order chi connectivity index (χ1) is 14.1. The molecule has 0 spiro atoms. The lowest BCUT2D eigenvalue weighted by atomic mass is 10.0. The number of anilines is 1. The highest BCUT2D eigenvalue weighted by Crippen LogP contribution is 2.24. The van der Waals surface area contributed by atoms with E-state index in [1.807, 2.05) is 52.9 Å². The number of nitrogens with one attached hydrogen (secondary N) is 2. The molecule has 7 heteroatoms. The van der Waals surface area contributed by atoms with Gasteiger partial charge in [0.2, 0.25) is 0 Å². The number of pyridine rings is 1. The summed E-state index contributed by atoms with van der Waals surface area (Å²) in [5.74, 6) is 0.0696. The van der Waals surface area contributed by atoms with Crippen LogP contribution in [0.25, 0.3) is 5.65 Å². The minimum atomic E-state index is 0.0696. The Hall–Kier alpha value is -2.67. The maximum atomic E-state index is 13.0. The Labute approximate surface area is 178 Å². The molecular weight excluding hydrogens is 430 g/mol. The van der Waals surface area contributed by atoms with Crippen molar-refractivity contribution in [2.75, 3.05) is 25.5 Å². The summed E-state index contributed by atoms with van der Waals surface area (Å²) in [6.07, 6.45) is 8.13. The summed E-state index contributed by atoms with van der Waals surface area (Å²) in [5.41, 5.74) is 4.00. The molecule has 0 saturated carbocycles. The lowest BCUT2D eigenvalue weighted by molar-refractivity contribution is 0.0761. The fourth-order valence-corrected chi connectivity index (χ4v) is 4.17. The van der Waals surface area contributed by atoms with Crippen LogP contribution in [0.2, 0.25) is 0 Å². The molecule has 0 atom stereocenters. The number of rotatable bonds is 4. The van der Waals surface area contributed by atoms with Crippen LogP contribution >= 0.6 is 15.9 Å². The topological polar surface area (TPSA) is 73.5 Å². The number of carbonyl (C=O) groups excluding carboxylic acids is 1. The van der Waals surface area contributed by atoms with Crippen molar-refractivity contribution in [3.8, 4) is 0 Å². The smallest absolute Gasteiger partial charge is 0.253 e. The zero-order chi connectivity index (χ0) is 20.4. The van der Waals surface area contributed by atoms with Crippen LogP contribution in [-0.2, 0) is 0 Å². The Bertz CT molecular complexity index is 1070. The lowest BCUT2D eigenvalue weighted by Crippen LogP contribution is -2.31. The number of benzene rings is 1. The molecule has 3 heterocycles. The van der Waals surface area contributed by atoms with E-state index in [1.165, 1.54) is 12.8 Å². The maximum Gasteiger partial charge on any atom is 0.253 e. The Balaban J connectivity index is 1.66. The number of hydrogen-bond acceptors (Lipinski definition) is 4. The lowest BCUT2D eigenvalue weighted by Gasteiger charge is -2.21. The third-order valence-electron chi connectivity index (χ3n) is 5.42. The number of aromatic nitrogens is 2. The number of imidazole rings is 1. The molecule has 2 aromatic heterocycles. The SMILES string of the molecule is CNc1cc(C(=O)N2CCCCCC2)ccc1C(=N)c1cnc2ccc(Br)cn12. The zero-order valence-corrected chi connectivity index (χ0v) is 18.0. The molecule has 6 nitrogen and oxygen atoms in total. The van der Waals surface area contributed by atoms with E-state index in [2.05, 4.69) is 26.2 Å². The number of likely N-dealkylation sites (tertiary alicyclic amines) is 1. The van der Waals surface area contributed by atoms with Crippen molar-refractivity contribution < 1.29 is 4.79 Å². The van der Waals surface area contributed by atoms with E-state index < -0.39 is 0 Å². The van der Waals surface area contributed by atoms with Crippen molar-refractivity contribution >= 4 is 38.9 Å². The second-order valence-electron chi connectivity index (χ2n) is 7.31. The molecule has 2 N–H and O–H groups in total. The van der Waals surface area contributed by atoms with Crippen molar-refractivity contribution in [3.63, 3.8) is 0 Å². The van der Waals surface area contributed by atoms with E-state index in [9.17, 15) is 4.79 Å². The van der Waals surface area contributed by atoms with Crippen molar-refractivity contribution in [1.29, 1.82) is 5.41 Å². The summed E-state index contributed by atoms with van der Waals surface area (Å²) in [5, 5.41) is 11.9. The third kappa shape index (κ3) is 3.92. The molecule has 4 rings (SSSR count). The zero-order valence-electron chi connectivity index (χ0n) is 16.4. The Kier molecular flexibility index (Phi) is 5.67. The van der Waals surface area contributed by atoms with E-state index in [1.54, 1.807) is 6.20 Å². The Morgan fingerprint density at radius 1 is 1.14 bits per heavy atom. The monoisotopic (exact) mass is 453 g/mol. The van der Waals surface area contributed by atoms with E-state index in [0.717, 1.165) is 47.3 Å². The minimum absolute atomic E-state index is 0.0696. The first-order valence-electron chi connectivity index (χ1n) is 9.91. The fraction of sp³-hybridized carbons (Fsp3) is 0.318. The van der Waals surface area contributed by atoms with Crippen molar-refractivity contribution in [1.82, 2.24) is 14.3 Å². The molecule has 150 valence electrons. The number of nitrogens with zero attached hydrogens (tertiary/aromatic N) is 3. The highest BCUT2D eigenvalue weighted by molar-refractivity contribution is 9.10. The number of fused-ring (bicyclic) bond motifs is 1. The predicted molar refractivity (Wildman–Crippen MR) is 119 cm³/mol. The van der Waals surface area contributed by atoms with Gasteiger partial charge in [0.25, 0.3) is 5.91 Å². The molecule has 1 aliphatic rings. The van der Waals surface area contributed by atoms with Gasteiger partial charge in [-0.15, -0.1) is 0 Å². The van der Waals surface area contributed by atoms with Crippen molar-refractivity contribution in [2.45, 2.75) is 25.7 Å². The van der Waals surface area contributed by atoms with Crippen LogP contribution in [0.15, 0.2) is 47.2 Å². The van der Waals surface area contributed by atoms with Gasteiger partial charge in [0.15, 0.2) is 0 Å². The first-order valence-corrected chi connectivity index (χ1v) is 10.7. The summed E-state index contributed by atoms with van der Waals surface area (Å²) in [7, 11) is 1.82. The van der Waals surface area contributed by atoms with Crippen LogP contribution < -0.4 is 5.32 Å². The molecule has 3 aromatic rings. The van der Waals surface area contributed by atoms with Gasteiger partial charge in [0, 0.05) is 47.6 Å². The number of halogens is 1. The standard InChI is InChI=1S/C22H24BrN5O/c1-25-18-12-15(22(29)27-10-4-2-3-5-11-27)6-8-17(18)21(24)19-13-26-20-9-7-16(23)14-28(19)20/h6-9,12-14,24-25H,2-5,10-11H2,1H3. The molecule has 1 aromatic carbocycles. The van der Waals surface area contributed by atoms with Crippen molar-refractivity contribution in [2.24, 2.45) is 0 Å². The molecule has 0 unspecified atom stereocenters. The van der Waals surface area contributed by atoms with Gasteiger partial charge in [-0.25, -0.2) is 4.98 Å². The second-order valence-corrected chi connectivity index (χ2v) is 8.23. The van der Waals surface area contributed by atoms with Crippen LogP contribution in [0, 0.1) is 5.41 Å². The summed E-state index contributed by atoms with van der Waals surface area (Å²) < 4.78 is 2.81. The molecule has 0 radical (unpaired) electrons. The van der Waals surface area contributed by atoms with E-state index in [0.29, 0.717) is 17.0 Å². The van der Waals surface area contributed by atoms with Crippen LogP contribution in [0.5, 0.6) is 0 Å². The van der Waals surface area contributed by atoms with Crippen LogP contribution in [0.3, 0.4) is 0 Å². The van der Waals surface area contributed by atoms with Gasteiger partial charge in [-0.3, -0.25) is 14.6 Å².